The molecule has 4 atom stereocenters. The fourth-order valence-electron chi connectivity index (χ4n) is 3.80. The van der Waals surface area contributed by atoms with Crippen LogP contribution in [0.2, 0.25) is 0 Å². The molecule has 3 unspecified atom stereocenters. The highest BCUT2D eigenvalue weighted by atomic mass is 14.4. The predicted molar refractivity (Wildman–Crippen MR) is 62.2 cm³/mol. The van der Waals surface area contributed by atoms with Crippen LogP contribution in [0.4, 0.5) is 0 Å². The van der Waals surface area contributed by atoms with E-state index in [1.54, 1.807) is 0 Å². The van der Waals surface area contributed by atoms with E-state index in [0.717, 1.165) is 23.7 Å². The average Bonchev–Trinajstić information content (AvgIpc) is 2.19. The molecule has 0 spiro atoms. The van der Waals surface area contributed by atoms with Gasteiger partial charge in [-0.1, -0.05) is 38.8 Å². The molecule has 0 radical (unpaired) electrons. The third-order valence-electron chi connectivity index (χ3n) is 4.62. The first-order valence-electron chi connectivity index (χ1n) is 6.43. The third-order valence-corrected chi connectivity index (χ3v) is 4.62. The Balaban J connectivity index is 2.22. The van der Waals surface area contributed by atoms with Crippen molar-refractivity contribution in [1.82, 2.24) is 0 Å². The second kappa shape index (κ2) is 4.08. The van der Waals surface area contributed by atoms with Gasteiger partial charge in [-0.15, -0.1) is 0 Å². The van der Waals surface area contributed by atoms with Crippen molar-refractivity contribution in [1.29, 1.82) is 0 Å². The molecule has 0 bridgehead atoms. The normalized spacial score (nSPS) is 42.9. The summed E-state index contributed by atoms with van der Waals surface area (Å²) >= 11 is 0. The average molecular weight is 192 g/mol. The number of hydrogen-bond donors (Lipinski definition) is 0. The van der Waals surface area contributed by atoms with Crippen LogP contribution in [0.25, 0.3) is 0 Å². The molecule has 0 saturated heterocycles. The van der Waals surface area contributed by atoms with E-state index >= 15 is 0 Å². The van der Waals surface area contributed by atoms with E-state index in [1.807, 2.05) is 5.57 Å². The number of hydrogen-bond acceptors (Lipinski definition) is 0. The molecular weight excluding hydrogens is 168 g/mol. The highest BCUT2D eigenvalue weighted by Crippen LogP contribution is 2.47. The lowest BCUT2D eigenvalue weighted by molar-refractivity contribution is 0.149. The van der Waals surface area contributed by atoms with Crippen molar-refractivity contribution >= 4 is 0 Å². The van der Waals surface area contributed by atoms with Gasteiger partial charge in [0.05, 0.1) is 0 Å². The minimum atomic E-state index is 0.942. The van der Waals surface area contributed by atoms with Gasteiger partial charge in [-0.25, -0.2) is 0 Å². The zero-order chi connectivity index (χ0) is 10.1. The Bertz CT molecular complexity index is 226. The molecule has 1 saturated carbocycles. The lowest BCUT2D eigenvalue weighted by Crippen LogP contribution is -2.34. The maximum absolute atomic E-state index is 2.55. The van der Waals surface area contributed by atoms with Gasteiger partial charge in [0.25, 0.3) is 0 Å². The van der Waals surface area contributed by atoms with Gasteiger partial charge < -0.3 is 0 Å². The van der Waals surface area contributed by atoms with Crippen molar-refractivity contribution in [3.05, 3.63) is 11.6 Å². The molecule has 0 heteroatoms. The predicted octanol–water partition coefficient (Wildman–Crippen LogP) is 4.42. The van der Waals surface area contributed by atoms with E-state index in [1.165, 1.54) is 32.1 Å². The van der Waals surface area contributed by atoms with Gasteiger partial charge in [-0.2, -0.15) is 0 Å². The van der Waals surface area contributed by atoms with Gasteiger partial charge in [-0.3, -0.25) is 0 Å². The van der Waals surface area contributed by atoms with Crippen LogP contribution in [0.3, 0.4) is 0 Å². The molecule has 2 rings (SSSR count). The van der Waals surface area contributed by atoms with Crippen molar-refractivity contribution in [2.45, 2.75) is 52.9 Å². The molecule has 0 aromatic rings. The number of fused-ring (bicyclic) bond motifs is 1. The van der Waals surface area contributed by atoms with Crippen LogP contribution in [0.1, 0.15) is 52.9 Å². The quantitative estimate of drug-likeness (QED) is 0.540. The first kappa shape index (κ1) is 10.3. The molecular formula is C14H24. The fourth-order valence-corrected chi connectivity index (χ4v) is 3.80. The van der Waals surface area contributed by atoms with E-state index in [2.05, 4.69) is 26.8 Å². The van der Waals surface area contributed by atoms with Gasteiger partial charge in [0.1, 0.15) is 0 Å². The summed E-state index contributed by atoms with van der Waals surface area (Å²) in [6.45, 7) is 7.32. The van der Waals surface area contributed by atoms with Crippen LogP contribution in [-0.2, 0) is 0 Å². The van der Waals surface area contributed by atoms with Crippen LogP contribution < -0.4 is 0 Å². The summed E-state index contributed by atoms with van der Waals surface area (Å²) < 4.78 is 0. The van der Waals surface area contributed by atoms with Crippen LogP contribution in [-0.4, -0.2) is 0 Å². The van der Waals surface area contributed by atoms with Crippen LogP contribution in [0.15, 0.2) is 11.6 Å². The third kappa shape index (κ3) is 1.64. The standard InChI is InChI=1S/C14H24/c1-4-13-10(2)8-9-12-7-5-6-11(3)14(12)13/h7,10-11,13-14H,4-6,8-9H2,1-3H3/t10?,11-,13?,14?/m0/s1. The molecule has 80 valence electrons. The summed E-state index contributed by atoms with van der Waals surface area (Å²) in [6.07, 6.45) is 9.54. The topological polar surface area (TPSA) is 0 Å². The van der Waals surface area contributed by atoms with E-state index in [9.17, 15) is 0 Å². The first-order chi connectivity index (χ1) is 6.74. The summed E-state index contributed by atoms with van der Waals surface area (Å²) in [5.41, 5.74) is 1.81. The van der Waals surface area contributed by atoms with Gasteiger partial charge in [-0.05, 0) is 49.4 Å². The van der Waals surface area contributed by atoms with E-state index in [-0.39, 0.29) is 0 Å². The summed E-state index contributed by atoms with van der Waals surface area (Å²) in [5.74, 6) is 3.83. The fraction of sp³-hybridized carbons (Fsp3) is 0.857. The van der Waals surface area contributed by atoms with Gasteiger partial charge in [0, 0.05) is 0 Å². The molecule has 14 heavy (non-hydrogen) atoms. The van der Waals surface area contributed by atoms with E-state index in [4.69, 9.17) is 0 Å². The second-order valence-corrected chi connectivity index (χ2v) is 5.45. The second-order valence-electron chi connectivity index (χ2n) is 5.45. The van der Waals surface area contributed by atoms with Crippen molar-refractivity contribution in [2.24, 2.45) is 23.7 Å². The van der Waals surface area contributed by atoms with E-state index in [0.29, 0.717) is 0 Å². The van der Waals surface area contributed by atoms with Crippen LogP contribution >= 0.6 is 0 Å². The van der Waals surface area contributed by atoms with Gasteiger partial charge in [0.15, 0.2) is 0 Å². The molecule has 2 aliphatic rings. The number of allylic oxidation sites excluding steroid dienone is 2. The molecule has 2 aliphatic carbocycles. The zero-order valence-electron chi connectivity index (χ0n) is 9.92. The van der Waals surface area contributed by atoms with Crippen LogP contribution in [0, 0.1) is 23.7 Å². The summed E-state index contributed by atoms with van der Waals surface area (Å²) in [7, 11) is 0. The van der Waals surface area contributed by atoms with Crippen LogP contribution in [0.5, 0.6) is 0 Å². The zero-order valence-corrected chi connectivity index (χ0v) is 9.92. The van der Waals surface area contributed by atoms with Gasteiger partial charge in [0.2, 0.25) is 0 Å². The smallest absolute Gasteiger partial charge is 0.0147 e. The largest absolute Gasteiger partial charge is 0.0850 e. The maximum Gasteiger partial charge on any atom is -0.0147 e. The Morgan fingerprint density at radius 2 is 2.00 bits per heavy atom. The molecule has 0 N–H and O–H groups in total. The van der Waals surface area contributed by atoms with E-state index < -0.39 is 0 Å². The Labute approximate surface area is 88.8 Å². The molecule has 0 heterocycles. The SMILES string of the molecule is CCC1C(C)CCC2=CCC[C@H](C)C21. The lowest BCUT2D eigenvalue weighted by atomic mass is 9.62. The highest BCUT2D eigenvalue weighted by Gasteiger charge is 2.36. The first-order valence-corrected chi connectivity index (χ1v) is 6.43. The summed E-state index contributed by atoms with van der Waals surface area (Å²) in [6, 6.07) is 0. The summed E-state index contributed by atoms with van der Waals surface area (Å²) in [4.78, 5) is 0. The minimum absolute atomic E-state index is 0.942. The Hall–Kier alpha value is -0.260. The molecule has 0 nitrogen and oxygen atoms in total. The van der Waals surface area contributed by atoms with Crippen molar-refractivity contribution in [3.8, 4) is 0 Å². The molecule has 0 amide bonds. The molecule has 1 fully saturated rings. The van der Waals surface area contributed by atoms with Crippen molar-refractivity contribution < 1.29 is 0 Å². The Kier molecular flexibility index (Phi) is 2.99. The number of rotatable bonds is 1. The highest BCUT2D eigenvalue weighted by molar-refractivity contribution is 5.16. The minimum Gasteiger partial charge on any atom is -0.0850 e. The van der Waals surface area contributed by atoms with Gasteiger partial charge >= 0.3 is 0 Å². The Morgan fingerprint density at radius 3 is 2.71 bits per heavy atom. The Morgan fingerprint density at radius 1 is 1.21 bits per heavy atom. The molecule has 0 aliphatic heterocycles. The summed E-state index contributed by atoms with van der Waals surface area (Å²) in [5, 5.41) is 0. The van der Waals surface area contributed by atoms with Crippen molar-refractivity contribution in [3.63, 3.8) is 0 Å². The maximum atomic E-state index is 2.55. The molecule has 0 aromatic carbocycles. The van der Waals surface area contributed by atoms with Crippen molar-refractivity contribution in [2.75, 3.05) is 0 Å². The monoisotopic (exact) mass is 192 g/mol. The lowest BCUT2D eigenvalue weighted by Gasteiger charge is -2.43. The molecule has 0 aromatic heterocycles.